The Hall–Kier alpha value is -1.94. The highest BCUT2D eigenvalue weighted by Gasteiger charge is 2.32. The van der Waals surface area contributed by atoms with Crippen molar-refractivity contribution in [2.24, 2.45) is 5.92 Å². The van der Waals surface area contributed by atoms with Crippen LogP contribution < -0.4 is 0 Å². The predicted octanol–water partition coefficient (Wildman–Crippen LogP) is 6.56. The van der Waals surface area contributed by atoms with E-state index in [0.717, 1.165) is 40.6 Å². The van der Waals surface area contributed by atoms with E-state index in [-0.39, 0.29) is 0 Å². The third-order valence-corrected chi connectivity index (χ3v) is 6.63. The van der Waals surface area contributed by atoms with Crippen LogP contribution in [0.2, 0.25) is 0 Å². The van der Waals surface area contributed by atoms with Gasteiger partial charge in [-0.2, -0.15) is 0 Å². The van der Waals surface area contributed by atoms with Crippen molar-refractivity contribution in [1.82, 2.24) is 15.0 Å². The fourth-order valence-corrected chi connectivity index (χ4v) is 4.79. The molecule has 3 nitrogen and oxygen atoms in total. The number of allylic oxidation sites excluding steroid dienone is 6. The summed E-state index contributed by atoms with van der Waals surface area (Å²) in [5.74, 6) is 0.520. The molecule has 1 fully saturated rings. The van der Waals surface area contributed by atoms with Crippen LogP contribution in [0.5, 0.6) is 0 Å². The molecule has 1 aliphatic carbocycles. The van der Waals surface area contributed by atoms with Gasteiger partial charge < -0.3 is 0 Å². The summed E-state index contributed by atoms with van der Waals surface area (Å²) in [6.07, 6.45) is 7.68. The first-order chi connectivity index (χ1) is 12.9. The number of rotatable bonds is 5. The molecule has 0 radical (unpaired) electrons. The molecule has 1 aromatic carbocycles. The Morgan fingerprint density at radius 3 is 2.67 bits per heavy atom. The van der Waals surface area contributed by atoms with Crippen molar-refractivity contribution in [3.05, 3.63) is 71.9 Å². The summed E-state index contributed by atoms with van der Waals surface area (Å²) in [7, 11) is 0. The average molecular weight is 426 g/mol. The molecule has 142 valence electrons. The zero-order valence-electron chi connectivity index (χ0n) is 16.5. The third-order valence-electron chi connectivity index (χ3n) is 5.57. The molecule has 4 heteroatoms. The van der Waals surface area contributed by atoms with Crippen LogP contribution in [0.1, 0.15) is 46.1 Å². The molecule has 1 aliphatic rings. The molecule has 0 amide bonds. The van der Waals surface area contributed by atoms with E-state index in [0.29, 0.717) is 16.8 Å². The number of halogens is 1. The normalized spacial score (nSPS) is 24.2. The van der Waals surface area contributed by atoms with Crippen molar-refractivity contribution >= 4 is 27.0 Å². The summed E-state index contributed by atoms with van der Waals surface area (Å²) in [6.45, 7) is 14.6. The van der Waals surface area contributed by atoms with Gasteiger partial charge in [-0.25, -0.2) is 4.68 Å². The Kier molecular flexibility index (Phi) is 6.15. The zero-order valence-corrected chi connectivity index (χ0v) is 18.0. The summed E-state index contributed by atoms with van der Waals surface area (Å²) in [6, 6.07) is 8.49. The number of hydrogen-bond donors (Lipinski definition) is 0. The van der Waals surface area contributed by atoms with Crippen LogP contribution in [0.3, 0.4) is 0 Å². The molecule has 2 aromatic rings. The minimum absolute atomic E-state index is 0.301. The van der Waals surface area contributed by atoms with E-state index < -0.39 is 0 Å². The Bertz CT molecular complexity index is 919. The highest BCUT2D eigenvalue weighted by Crippen LogP contribution is 2.41. The SMILES string of the molecule is C=C(C)/C(=C/C)C(=C)/C=C(\C)[C@H]1CC[C@@H](Br)[C@@H](n2nnc3ccccc32)C1. The smallest absolute Gasteiger partial charge is 0.113 e. The second kappa shape index (κ2) is 8.39. The van der Waals surface area contributed by atoms with Gasteiger partial charge in [0.1, 0.15) is 5.52 Å². The molecule has 0 N–H and O–H groups in total. The van der Waals surface area contributed by atoms with Crippen molar-refractivity contribution in [2.75, 3.05) is 0 Å². The number of benzene rings is 1. The second-order valence-corrected chi connectivity index (χ2v) is 8.69. The Balaban J connectivity index is 1.84. The number of alkyl halides is 1. The van der Waals surface area contributed by atoms with Gasteiger partial charge in [-0.15, -0.1) is 5.10 Å². The average Bonchev–Trinajstić information content (AvgIpc) is 3.06. The molecule has 0 spiro atoms. The predicted molar refractivity (Wildman–Crippen MR) is 118 cm³/mol. The second-order valence-electron chi connectivity index (χ2n) is 7.51. The Morgan fingerprint density at radius 2 is 1.96 bits per heavy atom. The highest BCUT2D eigenvalue weighted by atomic mass is 79.9. The Morgan fingerprint density at radius 1 is 1.22 bits per heavy atom. The lowest BCUT2D eigenvalue weighted by atomic mass is 9.80. The van der Waals surface area contributed by atoms with E-state index in [1.165, 1.54) is 12.0 Å². The maximum atomic E-state index is 4.47. The van der Waals surface area contributed by atoms with E-state index in [1.54, 1.807) is 0 Å². The third kappa shape index (κ3) is 4.16. The molecular weight excluding hydrogens is 398 g/mol. The molecule has 0 saturated heterocycles. The molecule has 0 aliphatic heterocycles. The van der Waals surface area contributed by atoms with Gasteiger partial charge in [0.2, 0.25) is 0 Å². The Labute approximate surface area is 170 Å². The number of hydrogen-bond acceptors (Lipinski definition) is 2. The van der Waals surface area contributed by atoms with Crippen molar-refractivity contribution in [3.63, 3.8) is 0 Å². The van der Waals surface area contributed by atoms with Crippen molar-refractivity contribution in [2.45, 2.75) is 50.9 Å². The molecule has 3 rings (SSSR count). The topological polar surface area (TPSA) is 30.7 Å². The monoisotopic (exact) mass is 425 g/mol. The summed E-state index contributed by atoms with van der Waals surface area (Å²) in [5.41, 5.74) is 6.70. The lowest BCUT2D eigenvalue weighted by molar-refractivity contribution is 0.291. The van der Waals surface area contributed by atoms with Crippen LogP contribution in [0.4, 0.5) is 0 Å². The first kappa shape index (κ1) is 19.8. The van der Waals surface area contributed by atoms with E-state index in [1.807, 2.05) is 26.0 Å². The lowest BCUT2D eigenvalue weighted by Gasteiger charge is -2.34. The quantitative estimate of drug-likeness (QED) is 0.400. The molecule has 3 atom stereocenters. The zero-order chi connectivity index (χ0) is 19.6. The van der Waals surface area contributed by atoms with Crippen molar-refractivity contribution < 1.29 is 0 Å². The molecule has 27 heavy (non-hydrogen) atoms. The number of aromatic nitrogens is 3. The number of para-hydroxylation sites is 1. The van der Waals surface area contributed by atoms with Gasteiger partial charge in [-0.05, 0) is 69.2 Å². The number of nitrogens with zero attached hydrogens (tertiary/aromatic N) is 3. The molecule has 0 unspecified atom stereocenters. The van der Waals surface area contributed by atoms with Crippen LogP contribution >= 0.6 is 15.9 Å². The fraction of sp³-hybridized carbons (Fsp3) is 0.391. The van der Waals surface area contributed by atoms with Crippen LogP contribution in [0, 0.1) is 5.92 Å². The minimum atomic E-state index is 0.301. The van der Waals surface area contributed by atoms with Crippen LogP contribution in [0.25, 0.3) is 11.0 Å². The van der Waals surface area contributed by atoms with Crippen LogP contribution in [-0.2, 0) is 0 Å². The highest BCUT2D eigenvalue weighted by molar-refractivity contribution is 9.09. The summed E-state index contributed by atoms with van der Waals surface area (Å²) in [5, 5.41) is 8.81. The minimum Gasteiger partial charge on any atom is -0.240 e. The summed E-state index contributed by atoms with van der Waals surface area (Å²) in [4.78, 5) is 0.413. The molecule has 0 bridgehead atoms. The van der Waals surface area contributed by atoms with Gasteiger partial charge in [0.15, 0.2) is 0 Å². The van der Waals surface area contributed by atoms with E-state index >= 15 is 0 Å². The maximum absolute atomic E-state index is 4.47. The molecule has 1 aromatic heterocycles. The van der Waals surface area contributed by atoms with E-state index in [4.69, 9.17) is 0 Å². The van der Waals surface area contributed by atoms with E-state index in [2.05, 4.69) is 75.3 Å². The first-order valence-corrected chi connectivity index (χ1v) is 10.5. The lowest BCUT2D eigenvalue weighted by Crippen LogP contribution is -2.29. The van der Waals surface area contributed by atoms with Crippen molar-refractivity contribution in [3.8, 4) is 0 Å². The van der Waals surface area contributed by atoms with Crippen LogP contribution in [-0.4, -0.2) is 19.8 Å². The number of fused-ring (bicyclic) bond motifs is 1. The molecule has 1 heterocycles. The van der Waals surface area contributed by atoms with Gasteiger partial charge in [0.05, 0.1) is 11.6 Å². The first-order valence-electron chi connectivity index (χ1n) is 9.56. The fourth-order valence-electron chi connectivity index (χ4n) is 4.08. The van der Waals surface area contributed by atoms with Gasteiger partial charge >= 0.3 is 0 Å². The van der Waals surface area contributed by atoms with Crippen LogP contribution in [0.15, 0.2) is 71.9 Å². The van der Waals surface area contributed by atoms with Gasteiger partial charge in [-0.3, -0.25) is 0 Å². The van der Waals surface area contributed by atoms with Gasteiger partial charge in [0.25, 0.3) is 0 Å². The van der Waals surface area contributed by atoms with Gasteiger partial charge in [0, 0.05) is 4.83 Å². The van der Waals surface area contributed by atoms with E-state index in [9.17, 15) is 0 Å². The summed E-state index contributed by atoms with van der Waals surface area (Å²) < 4.78 is 2.11. The largest absolute Gasteiger partial charge is 0.240 e. The molecule has 1 saturated carbocycles. The van der Waals surface area contributed by atoms with Gasteiger partial charge in [-0.1, -0.05) is 69.7 Å². The maximum Gasteiger partial charge on any atom is 0.113 e. The standard InChI is InChI=1S/C23H28BrN3/c1-6-19(15(2)3)17(5)13-16(4)18-11-12-20(24)23(14-18)27-22-10-8-7-9-21(22)25-26-27/h6-10,13,18,20,23H,2,5,11-12,14H2,1,3-4H3/b16-13+,19-6-/t18-,20+,23-/m0/s1. The summed E-state index contributed by atoms with van der Waals surface area (Å²) >= 11 is 3.90. The van der Waals surface area contributed by atoms with Crippen molar-refractivity contribution in [1.29, 1.82) is 0 Å². The molecular formula is C23H28BrN3.